The second kappa shape index (κ2) is 5.20. The van der Waals surface area contributed by atoms with Crippen LogP contribution in [0.4, 0.5) is 4.39 Å². The molecule has 0 aromatic rings. The molecule has 0 radical (unpaired) electrons. The summed E-state index contributed by atoms with van der Waals surface area (Å²) in [4.78, 5) is 11.2. The number of hydrogen-bond donors (Lipinski definition) is 1. The van der Waals surface area contributed by atoms with Gasteiger partial charge in [0.1, 0.15) is 0 Å². The van der Waals surface area contributed by atoms with Crippen LogP contribution < -0.4 is 5.32 Å². The van der Waals surface area contributed by atoms with E-state index < -0.39 is 6.80 Å². The lowest BCUT2D eigenvalue weighted by Gasteiger charge is -2.26. The van der Waals surface area contributed by atoms with Gasteiger partial charge in [0.2, 0.25) is 5.91 Å². The van der Waals surface area contributed by atoms with Crippen LogP contribution in [-0.4, -0.2) is 12.7 Å². The molecule has 0 aromatic heterocycles. The Hall–Kier alpha value is -0.600. The number of hydrogen-bond acceptors (Lipinski definition) is 1. The Balaban J connectivity index is 2.28. The molecule has 13 heavy (non-hydrogen) atoms. The predicted octanol–water partition coefficient (Wildman–Crippen LogP) is 2.25. The summed E-state index contributed by atoms with van der Waals surface area (Å²) in [6.45, 7) is 1.46. The molecule has 0 bridgehead atoms. The van der Waals surface area contributed by atoms with Crippen LogP contribution in [0.15, 0.2) is 0 Å². The molecule has 0 aromatic carbocycles. The molecule has 1 aliphatic carbocycles. The summed E-state index contributed by atoms with van der Waals surface area (Å²) in [6.07, 6.45) is 5.33. The van der Waals surface area contributed by atoms with E-state index >= 15 is 0 Å². The number of alkyl halides is 1. The third kappa shape index (κ3) is 2.98. The zero-order valence-corrected chi connectivity index (χ0v) is 8.18. The number of rotatable bonds is 3. The van der Waals surface area contributed by atoms with E-state index in [1.54, 1.807) is 0 Å². The summed E-state index contributed by atoms with van der Waals surface area (Å²) in [6, 6.07) is 0. The molecule has 1 saturated carbocycles. The highest BCUT2D eigenvalue weighted by molar-refractivity contribution is 5.78. The Morgan fingerprint density at radius 1 is 1.38 bits per heavy atom. The minimum absolute atomic E-state index is 0.0681. The van der Waals surface area contributed by atoms with Crippen molar-refractivity contribution in [2.24, 2.45) is 11.8 Å². The normalized spacial score (nSPS) is 28.5. The van der Waals surface area contributed by atoms with Gasteiger partial charge >= 0.3 is 0 Å². The van der Waals surface area contributed by atoms with E-state index in [2.05, 4.69) is 12.2 Å². The smallest absolute Gasteiger partial charge is 0.225 e. The molecule has 0 spiro atoms. The Labute approximate surface area is 78.9 Å². The van der Waals surface area contributed by atoms with Crippen molar-refractivity contribution in [1.29, 1.82) is 0 Å². The van der Waals surface area contributed by atoms with Crippen molar-refractivity contribution in [3.05, 3.63) is 0 Å². The lowest BCUT2D eigenvalue weighted by molar-refractivity contribution is -0.126. The first-order chi connectivity index (χ1) is 6.27. The largest absolute Gasteiger partial charge is 0.329 e. The number of carbonyl (C=O) groups is 1. The van der Waals surface area contributed by atoms with Crippen LogP contribution in [0.1, 0.15) is 39.0 Å². The highest BCUT2D eigenvalue weighted by Gasteiger charge is 2.24. The zero-order valence-electron chi connectivity index (χ0n) is 8.18. The molecule has 1 aliphatic rings. The van der Waals surface area contributed by atoms with Gasteiger partial charge in [0.05, 0.1) is 0 Å². The molecule has 3 heteroatoms. The summed E-state index contributed by atoms with van der Waals surface area (Å²) in [5.74, 6) is 0.755. The molecule has 1 fully saturated rings. The number of carbonyl (C=O) groups excluding carboxylic acids is 1. The maximum absolute atomic E-state index is 11.8. The van der Waals surface area contributed by atoms with E-state index in [4.69, 9.17) is 0 Å². The van der Waals surface area contributed by atoms with Crippen LogP contribution >= 0.6 is 0 Å². The van der Waals surface area contributed by atoms with Crippen molar-refractivity contribution in [2.45, 2.75) is 39.0 Å². The average Bonchev–Trinajstić information content (AvgIpc) is 2.18. The van der Waals surface area contributed by atoms with Gasteiger partial charge in [-0.25, -0.2) is 4.39 Å². The van der Waals surface area contributed by atoms with Crippen molar-refractivity contribution >= 4 is 5.91 Å². The monoisotopic (exact) mass is 187 g/mol. The highest BCUT2D eigenvalue weighted by atomic mass is 19.1. The van der Waals surface area contributed by atoms with Gasteiger partial charge in [-0.1, -0.05) is 13.3 Å². The SMILES string of the molecule is CCC1CCC(C(=O)NCF)CC1. The first-order valence-corrected chi connectivity index (χ1v) is 5.11. The summed E-state index contributed by atoms with van der Waals surface area (Å²) < 4.78 is 11.8. The summed E-state index contributed by atoms with van der Waals surface area (Å²) in [7, 11) is 0. The van der Waals surface area contributed by atoms with Gasteiger partial charge < -0.3 is 5.32 Å². The minimum atomic E-state index is -0.730. The van der Waals surface area contributed by atoms with E-state index in [0.29, 0.717) is 0 Å². The fourth-order valence-electron chi connectivity index (χ4n) is 2.04. The molecule has 0 saturated heterocycles. The van der Waals surface area contributed by atoms with Crippen molar-refractivity contribution in [1.82, 2.24) is 5.32 Å². The standard InChI is InChI=1S/C10H18FNO/c1-2-8-3-5-9(6-4-8)10(13)12-7-11/h8-9H,2-7H2,1H3,(H,12,13). The lowest BCUT2D eigenvalue weighted by atomic mass is 9.80. The van der Waals surface area contributed by atoms with E-state index in [9.17, 15) is 9.18 Å². The van der Waals surface area contributed by atoms with Crippen molar-refractivity contribution in [2.75, 3.05) is 6.80 Å². The van der Waals surface area contributed by atoms with Crippen molar-refractivity contribution in [3.8, 4) is 0 Å². The van der Waals surface area contributed by atoms with E-state index in [0.717, 1.165) is 31.6 Å². The Bertz CT molecular complexity index is 164. The van der Waals surface area contributed by atoms with E-state index in [-0.39, 0.29) is 11.8 Å². The van der Waals surface area contributed by atoms with E-state index in [1.165, 1.54) is 6.42 Å². The van der Waals surface area contributed by atoms with Gasteiger partial charge in [-0.3, -0.25) is 4.79 Å². The maximum Gasteiger partial charge on any atom is 0.225 e. The quantitative estimate of drug-likeness (QED) is 0.674. The van der Waals surface area contributed by atoms with Crippen molar-refractivity contribution in [3.63, 3.8) is 0 Å². The molecule has 76 valence electrons. The summed E-state index contributed by atoms with van der Waals surface area (Å²) in [5.41, 5.74) is 0. The van der Waals surface area contributed by atoms with Gasteiger partial charge in [0, 0.05) is 5.92 Å². The molecule has 0 aliphatic heterocycles. The Morgan fingerprint density at radius 3 is 2.46 bits per heavy atom. The third-order valence-corrected chi connectivity index (χ3v) is 3.04. The van der Waals surface area contributed by atoms with Crippen LogP contribution in [0.25, 0.3) is 0 Å². The highest BCUT2D eigenvalue weighted by Crippen LogP contribution is 2.30. The topological polar surface area (TPSA) is 29.1 Å². The first-order valence-electron chi connectivity index (χ1n) is 5.11. The van der Waals surface area contributed by atoms with Gasteiger partial charge in [0.15, 0.2) is 6.80 Å². The van der Waals surface area contributed by atoms with Crippen LogP contribution in [0.5, 0.6) is 0 Å². The van der Waals surface area contributed by atoms with Gasteiger partial charge in [0.25, 0.3) is 0 Å². The lowest BCUT2D eigenvalue weighted by Crippen LogP contribution is -2.32. The van der Waals surface area contributed by atoms with Crippen LogP contribution in [0, 0.1) is 11.8 Å². The Morgan fingerprint density at radius 2 is 2.00 bits per heavy atom. The number of amides is 1. The molecule has 1 amide bonds. The predicted molar refractivity (Wildman–Crippen MR) is 49.9 cm³/mol. The molecule has 1 N–H and O–H groups in total. The fourth-order valence-corrected chi connectivity index (χ4v) is 2.04. The number of nitrogens with one attached hydrogen (secondary N) is 1. The maximum atomic E-state index is 11.8. The molecule has 0 heterocycles. The fraction of sp³-hybridized carbons (Fsp3) is 0.900. The third-order valence-electron chi connectivity index (χ3n) is 3.04. The van der Waals surface area contributed by atoms with Crippen molar-refractivity contribution < 1.29 is 9.18 Å². The van der Waals surface area contributed by atoms with Crippen LogP contribution in [-0.2, 0) is 4.79 Å². The summed E-state index contributed by atoms with van der Waals surface area (Å²) in [5, 5.41) is 2.24. The first kappa shape index (κ1) is 10.5. The van der Waals surface area contributed by atoms with Crippen LogP contribution in [0.2, 0.25) is 0 Å². The molecular weight excluding hydrogens is 169 g/mol. The van der Waals surface area contributed by atoms with Gasteiger partial charge in [-0.05, 0) is 31.6 Å². The molecule has 1 rings (SSSR count). The molecule has 0 unspecified atom stereocenters. The molecule has 0 atom stereocenters. The minimum Gasteiger partial charge on any atom is -0.329 e. The molecule has 2 nitrogen and oxygen atoms in total. The zero-order chi connectivity index (χ0) is 9.68. The second-order valence-corrected chi connectivity index (χ2v) is 3.80. The van der Waals surface area contributed by atoms with Gasteiger partial charge in [-0.2, -0.15) is 0 Å². The number of halogens is 1. The van der Waals surface area contributed by atoms with Crippen LogP contribution in [0.3, 0.4) is 0 Å². The Kier molecular flexibility index (Phi) is 4.19. The average molecular weight is 187 g/mol. The molecular formula is C10H18FNO. The summed E-state index contributed by atoms with van der Waals surface area (Å²) >= 11 is 0. The van der Waals surface area contributed by atoms with Gasteiger partial charge in [-0.15, -0.1) is 0 Å². The second-order valence-electron chi connectivity index (χ2n) is 3.80. The van der Waals surface area contributed by atoms with E-state index in [1.807, 2.05) is 0 Å².